The molecule has 2 heterocycles. The highest BCUT2D eigenvalue weighted by atomic mass is 32.2. The zero-order valence-electron chi connectivity index (χ0n) is 18.5. The Kier molecular flexibility index (Phi) is 7.06. The second-order valence-electron chi connectivity index (χ2n) is 8.04. The predicted octanol–water partition coefficient (Wildman–Crippen LogP) is 2.15. The van der Waals surface area contributed by atoms with Gasteiger partial charge in [0.2, 0.25) is 18.6 Å². The van der Waals surface area contributed by atoms with Gasteiger partial charge in [0.15, 0.2) is 16.6 Å². The van der Waals surface area contributed by atoms with E-state index in [0.29, 0.717) is 30.0 Å². The van der Waals surface area contributed by atoms with Gasteiger partial charge in [0.1, 0.15) is 12.6 Å². The quantitative estimate of drug-likeness (QED) is 0.613. The van der Waals surface area contributed by atoms with Crippen molar-refractivity contribution in [1.29, 1.82) is 0 Å². The van der Waals surface area contributed by atoms with Crippen LogP contribution >= 0.6 is 11.8 Å². The van der Waals surface area contributed by atoms with E-state index in [0.717, 1.165) is 22.9 Å². The topological polar surface area (TPSA) is 122 Å². The number of ether oxygens (including phenoxy) is 2. The number of benzene rings is 2. The van der Waals surface area contributed by atoms with E-state index < -0.39 is 35.6 Å². The normalized spacial score (nSPS) is 17.5. The van der Waals surface area contributed by atoms with E-state index in [1.54, 1.807) is 30.3 Å². The maximum Gasteiger partial charge on any atom is 0.323 e. The second-order valence-corrected chi connectivity index (χ2v) is 9.42. The van der Waals surface area contributed by atoms with Crippen LogP contribution in [0.1, 0.15) is 24.5 Å². The zero-order valence-corrected chi connectivity index (χ0v) is 19.3. The second kappa shape index (κ2) is 10.2. The molecule has 2 amide bonds. The SMILES string of the molecule is CC(=O)S[C@@H](Cc1ccc2c(c1)OCO2)C(=O)NC1CCc2ccccc2N(CC(=O)O)C1=O. The van der Waals surface area contributed by atoms with E-state index >= 15 is 0 Å². The summed E-state index contributed by atoms with van der Waals surface area (Å²) in [7, 11) is 0. The van der Waals surface area contributed by atoms with E-state index in [9.17, 15) is 24.3 Å². The molecule has 0 spiro atoms. The maximum absolute atomic E-state index is 13.3. The van der Waals surface area contributed by atoms with Crippen molar-refractivity contribution in [3.63, 3.8) is 0 Å². The monoisotopic (exact) mass is 484 g/mol. The third-order valence-corrected chi connectivity index (χ3v) is 6.61. The number of thioether (sulfide) groups is 1. The number of carboxylic acids is 1. The lowest BCUT2D eigenvalue weighted by atomic mass is 10.0. The van der Waals surface area contributed by atoms with Gasteiger partial charge in [-0.05, 0) is 48.6 Å². The third kappa shape index (κ3) is 5.33. The summed E-state index contributed by atoms with van der Waals surface area (Å²) < 4.78 is 10.7. The first kappa shape index (κ1) is 23.6. The van der Waals surface area contributed by atoms with Crippen molar-refractivity contribution in [2.75, 3.05) is 18.2 Å². The average Bonchev–Trinajstić information content (AvgIpc) is 3.22. The molecule has 2 N–H and O–H groups in total. The Labute approximate surface area is 200 Å². The summed E-state index contributed by atoms with van der Waals surface area (Å²) in [6.07, 6.45) is 1.06. The Hall–Kier alpha value is -3.53. The van der Waals surface area contributed by atoms with Gasteiger partial charge in [0.05, 0.1) is 5.25 Å². The number of carbonyl (C=O) groups excluding carboxylic acids is 3. The molecule has 2 aromatic rings. The Bertz CT molecular complexity index is 1140. The number of aliphatic carboxylic acids is 1. The number of fused-ring (bicyclic) bond motifs is 2. The summed E-state index contributed by atoms with van der Waals surface area (Å²) in [4.78, 5) is 51.0. The van der Waals surface area contributed by atoms with Crippen molar-refractivity contribution < 1.29 is 33.8 Å². The lowest BCUT2D eigenvalue weighted by Crippen LogP contribution is -2.51. The molecule has 2 aliphatic heterocycles. The fraction of sp³-hybridized carbons (Fsp3) is 0.333. The number of hydrogen-bond acceptors (Lipinski definition) is 7. The van der Waals surface area contributed by atoms with Crippen LogP contribution in [0.3, 0.4) is 0 Å². The van der Waals surface area contributed by atoms with Crippen molar-refractivity contribution in [2.45, 2.75) is 37.5 Å². The first-order chi connectivity index (χ1) is 16.3. The molecule has 0 fully saturated rings. The molecule has 9 nitrogen and oxygen atoms in total. The number of aryl methyl sites for hydroxylation is 1. The minimum Gasteiger partial charge on any atom is -0.480 e. The Morgan fingerprint density at radius 3 is 2.71 bits per heavy atom. The number of nitrogens with one attached hydrogen (secondary N) is 1. The van der Waals surface area contributed by atoms with Gasteiger partial charge in [-0.2, -0.15) is 0 Å². The predicted molar refractivity (Wildman–Crippen MR) is 125 cm³/mol. The summed E-state index contributed by atoms with van der Waals surface area (Å²) in [5.74, 6) is -0.910. The van der Waals surface area contributed by atoms with Crippen LogP contribution in [0.15, 0.2) is 42.5 Å². The molecule has 2 aliphatic rings. The number of nitrogens with zero attached hydrogens (tertiary/aromatic N) is 1. The average molecular weight is 485 g/mol. The van der Waals surface area contributed by atoms with Crippen LogP contribution in [0, 0.1) is 0 Å². The highest BCUT2D eigenvalue weighted by molar-refractivity contribution is 8.14. The van der Waals surface area contributed by atoms with E-state index in [2.05, 4.69) is 5.32 Å². The zero-order chi connectivity index (χ0) is 24.2. The molecule has 10 heteroatoms. The van der Waals surface area contributed by atoms with Gasteiger partial charge < -0.3 is 19.9 Å². The van der Waals surface area contributed by atoms with Gasteiger partial charge in [-0.1, -0.05) is 36.0 Å². The summed E-state index contributed by atoms with van der Waals surface area (Å²) >= 11 is 0.888. The molecule has 34 heavy (non-hydrogen) atoms. The lowest BCUT2D eigenvalue weighted by molar-refractivity contribution is -0.137. The van der Waals surface area contributed by atoms with E-state index in [4.69, 9.17) is 9.47 Å². The first-order valence-corrected chi connectivity index (χ1v) is 11.7. The Morgan fingerprint density at radius 2 is 1.94 bits per heavy atom. The van der Waals surface area contributed by atoms with Crippen LogP contribution in [-0.2, 0) is 32.0 Å². The van der Waals surface area contributed by atoms with Crippen molar-refractivity contribution in [2.24, 2.45) is 0 Å². The summed E-state index contributed by atoms with van der Waals surface area (Å²) in [6, 6.07) is 11.5. The molecule has 0 saturated heterocycles. The fourth-order valence-corrected chi connectivity index (χ4v) is 4.93. The van der Waals surface area contributed by atoms with Gasteiger partial charge in [-0.25, -0.2) is 0 Å². The van der Waals surface area contributed by atoms with Crippen LogP contribution in [0.4, 0.5) is 5.69 Å². The first-order valence-electron chi connectivity index (χ1n) is 10.8. The van der Waals surface area contributed by atoms with Crippen molar-refractivity contribution in [3.8, 4) is 11.5 Å². The molecule has 178 valence electrons. The number of para-hydroxylation sites is 1. The number of hydrogen-bond donors (Lipinski definition) is 2. The van der Waals surface area contributed by atoms with Crippen molar-refractivity contribution >= 4 is 40.3 Å². The van der Waals surface area contributed by atoms with E-state index in [1.807, 2.05) is 12.1 Å². The molecule has 0 saturated carbocycles. The minimum absolute atomic E-state index is 0.129. The Balaban J connectivity index is 1.52. The minimum atomic E-state index is -1.15. The van der Waals surface area contributed by atoms with Gasteiger partial charge in [-0.15, -0.1) is 0 Å². The molecule has 0 aliphatic carbocycles. The molecular weight excluding hydrogens is 460 g/mol. The van der Waals surface area contributed by atoms with Gasteiger partial charge in [0, 0.05) is 12.6 Å². The number of carbonyl (C=O) groups is 4. The maximum atomic E-state index is 13.3. The number of rotatable bonds is 7. The van der Waals surface area contributed by atoms with Crippen LogP contribution < -0.4 is 19.7 Å². The highest BCUT2D eigenvalue weighted by Gasteiger charge is 2.34. The number of anilines is 1. The molecule has 0 aromatic heterocycles. The fourth-order valence-electron chi connectivity index (χ4n) is 4.08. The van der Waals surface area contributed by atoms with Gasteiger partial charge in [0.25, 0.3) is 0 Å². The third-order valence-electron chi connectivity index (χ3n) is 5.62. The van der Waals surface area contributed by atoms with Crippen molar-refractivity contribution in [1.82, 2.24) is 5.32 Å². The molecule has 2 atom stereocenters. The van der Waals surface area contributed by atoms with Crippen LogP contribution in [0.2, 0.25) is 0 Å². The van der Waals surface area contributed by atoms with Crippen molar-refractivity contribution in [3.05, 3.63) is 53.6 Å². The molecule has 2 aromatic carbocycles. The number of carboxylic acid groups (broad SMARTS) is 1. The molecule has 0 bridgehead atoms. The lowest BCUT2D eigenvalue weighted by Gasteiger charge is -2.26. The smallest absolute Gasteiger partial charge is 0.323 e. The summed E-state index contributed by atoms with van der Waals surface area (Å²) in [5, 5.41) is 11.1. The molecule has 4 rings (SSSR count). The highest BCUT2D eigenvalue weighted by Crippen LogP contribution is 2.34. The summed E-state index contributed by atoms with van der Waals surface area (Å²) in [5.41, 5.74) is 2.15. The van der Waals surface area contributed by atoms with Gasteiger partial charge in [-0.3, -0.25) is 24.1 Å². The Morgan fingerprint density at radius 1 is 1.18 bits per heavy atom. The molecular formula is C24H24N2O7S. The van der Waals surface area contributed by atoms with E-state index in [1.165, 1.54) is 11.8 Å². The standard InChI is InChI=1S/C24H24N2O7S/c1-14(27)34-21(11-15-6-9-19-20(10-15)33-13-32-19)23(30)25-17-8-7-16-4-2-3-5-18(16)26(24(17)31)12-22(28)29/h2-6,9-10,17,21H,7-8,11-13H2,1H3,(H,25,30)(H,28,29)/t17?,21-/m0/s1. The van der Waals surface area contributed by atoms with Crippen LogP contribution in [-0.4, -0.2) is 52.6 Å². The molecule has 1 unspecified atom stereocenters. The van der Waals surface area contributed by atoms with Crippen LogP contribution in [0.5, 0.6) is 11.5 Å². The van der Waals surface area contributed by atoms with Crippen LogP contribution in [0.25, 0.3) is 0 Å². The van der Waals surface area contributed by atoms with E-state index in [-0.39, 0.29) is 18.3 Å². The largest absolute Gasteiger partial charge is 0.480 e. The molecule has 0 radical (unpaired) electrons. The van der Waals surface area contributed by atoms with Gasteiger partial charge >= 0.3 is 5.97 Å². The summed E-state index contributed by atoms with van der Waals surface area (Å²) in [6.45, 7) is 1.00. The number of amides is 2.